The second-order valence-electron chi connectivity index (χ2n) is 20.2. The van der Waals surface area contributed by atoms with Crippen LogP contribution in [0.2, 0.25) is 0 Å². The summed E-state index contributed by atoms with van der Waals surface area (Å²) in [5.74, 6) is 0. The van der Waals surface area contributed by atoms with Gasteiger partial charge in [0.25, 0.3) is 0 Å². The molecular weight excluding hydrogens is 893 g/mol. The Morgan fingerprint density at radius 3 is 1.11 bits per heavy atom. The van der Waals surface area contributed by atoms with Gasteiger partial charge in [0, 0.05) is 33.8 Å². The third-order valence-corrected chi connectivity index (χ3v) is 16.8. The van der Waals surface area contributed by atoms with Gasteiger partial charge in [-0.25, -0.2) is 0 Å². The maximum Gasteiger partial charge on any atom is 0.0727 e. The van der Waals surface area contributed by atoms with E-state index in [0.717, 1.165) is 34.1 Å². The zero-order valence-corrected chi connectivity index (χ0v) is 40.5. The fourth-order valence-electron chi connectivity index (χ4n) is 14.1. The third-order valence-electron chi connectivity index (χ3n) is 16.8. The number of anilines is 6. The molecule has 0 saturated heterocycles. The lowest BCUT2D eigenvalue weighted by Crippen LogP contribution is -2.26. The Hall–Kier alpha value is -9.50. The predicted octanol–water partition coefficient (Wildman–Crippen LogP) is 18.5. The van der Waals surface area contributed by atoms with E-state index in [1.54, 1.807) is 0 Å². The van der Waals surface area contributed by atoms with Gasteiger partial charge in [0.05, 0.1) is 16.5 Å². The first kappa shape index (κ1) is 41.2. The fraction of sp³-hybridized carbons (Fsp3) is 0.0278. The number of rotatable bonds is 6. The average Bonchev–Trinajstić information content (AvgIpc) is 4.18. The minimum atomic E-state index is -0.624. The van der Waals surface area contributed by atoms with Crippen molar-refractivity contribution in [3.8, 4) is 44.5 Å². The van der Waals surface area contributed by atoms with Gasteiger partial charge in [-0.1, -0.05) is 212 Å². The smallest absolute Gasteiger partial charge is 0.0727 e. The molecule has 0 aromatic heterocycles. The van der Waals surface area contributed by atoms with Crippen LogP contribution in [-0.2, 0) is 10.8 Å². The van der Waals surface area contributed by atoms with Crippen molar-refractivity contribution in [2.75, 3.05) is 9.80 Å². The Labute approximate surface area is 431 Å². The molecule has 0 amide bonds. The van der Waals surface area contributed by atoms with E-state index in [-0.39, 0.29) is 0 Å². The molecule has 12 aromatic carbocycles. The molecule has 12 aromatic rings. The normalized spacial score (nSPS) is 15.2. The highest BCUT2D eigenvalue weighted by atomic mass is 15.1. The van der Waals surface area contributed by atoms with Gasteiger partial charge < -0.3 is 9.80 Å². The topological polar surface area (TPSA) is 6.48 Å². The van der Waals surface area contributed by atoms with E-state index in [2.05, 4.69) is 289 Å². The van der Waals surface area contributed by atoms with Gasteiger partial charge in [-0.15, -0.1) is 0 Å². The van der Waals surface area contributed by atoms with Crippen molar-refractivity contribution >= 4 is 44.9 Å². The molecule has 0 fully saturated rings. The van der Waals surface area contributed by atoms with Gasteiger partial charge in [0.15, 0.2) is 0 Å². The lowest BCUT2D eigenvalue weighted by atomic mass is 9.70. The summed E-state index contributed by atoms with van der Waals surface area (Å²) >= 11 is 0. The molecule has 2 spiro atoms. The molecule has 16 rings (SSSR count). The summed E-state index contributed by atoms with van der Waals surface area (Å²) in [6.45, 7) is 0. The summed E-state index contributed by atoms with van der Waals surface area (Å²) in [6.07, 6.45) is 0. The van der Waals surface area contributed by atoms with Crippen LogP contribution in [0.15, 0.2) is 279 Å². The highest BCUT2D eigenvalue weighted by molar-refractivity contribution is 6.12. The Morgan fingerprint density at radius 1 is 0.203 bits per heavy atom. The van der Waals surface area contributed by atoms with Crippen LogP contribution in [-0.4, -0.2) is 0 Å². The van der Waals surface area contributed by atoms with Crippen molar-refractivity contribution < 1.29 is 0 Å². The van der Waals surface area contributed by atoms with E-state index >= 15 is 0 Å². The summed E-state index contributed by atoms with van der Waals surface area (Å²) in [6, 6.07) is 104. The zero-order valence-electron chi connectivity index (χ0n) is 40.5. The molecule has 0 radical (unpaired) electrons. The standard InChI is InChI=1S/C72H46N2/c1-4-22-47(23-5-1)73(50-41-43-66-60(44-50)55-31-15-20-38-64(55)71(66)61-35-17-12-28-52(61)53-29-13-18-36-62(53)71)51-40-42-56-54-30-14-19-37-63(54)72(67(56)45-51)65-39-21-16-34-59(65)70-58-33-11-10-32-57(58)69(46-68(70)72)74(48-24-6-2-7-25-48)49-26-8-3-9-27-49/h1-46H. The molecule has 0 N–H and O–H groups in total. The van der Waals surface area contributed by atoms with Gasteiger partial charge >= 0.3 is 0 Å². The second-order valence-corrected chi connectivity index (χ2v) is 20.2. The summed E-state index contributed by atoms with van der Waals surface area (Å²) < 4.78 is 0. The molecule has 0 saturated carbocycles. The quantitative estimate of drug-likeness (QED) is 0.164. The van der Waals surface area contributed by atoms with Crippen molar-refractivity contribution in [1.29, 1.82) is 0 Å². The van der Waals surface area contributed by atoms with Crippen LogP contribution in [0.25, 0.3) is 55.3 Å². The molecule has 74 heavy (non-hydrogen) atoms. The maximum atomic E-state index is 2.54. The van der Waals surface area contributed by atoms with Crippen LogP contribution in [0.3, 0.4) is 0 Å². The minimum Gasteiger partial charge on any atom is -0.310 e. The van der Waals surface area contributed by atoms with Crippen molar-refractivity contribution in [3.63, 3.8) is 0 Å². The Bertz CT molecular complexity index is 4190. The van der Waals surface area contributed by atoms with Crippen LogP contribution >= 0.6 is 0 Å². The molecule has 0 aliphatic heterocycles. The monoisotopic (exact) mass is 938 g/mol. The molecule has 4 aliphatic carbocycles. The van der Waals surface area contributed by atoms with Crippen LogP contribution < -0.4 is 9.80 Å². The molecule has 0 bridgehead atoms. The summed E-state index contributed by atoms with van der Waals surface area (Å²) in [5.41, 5.74) is 26.6. The number of fused-ring (bicyclic) bond motifs is 22. The summed E-state index contributed by atoms with van der Waals surface area (Å²) in [7, 11) is 0. The van der Waals surface area contributed by atoms with Crippen LogP contribution in [0.5, 0.6) is 0 Å². The second kappa shape index (κ2) is 15.5. The lowest BCUT2D eigenvalue weighted by Gasteiger charge is -2.34. The van der Waals surface area contributed by atoms with Crippen molar-refractivity contribution in [1.82, 2.24) is 0 Å². The molecule has 2 nitrogen and oxygen atoms in total. The third kappa shape index (κ3) is 5.33. The Morgan fingerprint density at radius 2 is 0.568 bits per heavy atom. The number of hydrogen-bond donors (Lipinski definition) is 0. The molecule has 1 atom stereocenters. The van der Waals surface area contributed by atoms with E-state index < -0.39 is 10.8 Å². The van der Waals surface area contributed by atoms with E-state index in [1.807, 2.05) is 0 Å². The fourth-order valence-corrected chi connectivity index (χ4v) is 14.1. The highest BCUT2D eigenvalue weighted by Crippen LogP contribution is 2.67. The first-order chi connectivity index (χ1) is 36.7. The number of nitrogens with zero attached hydrogens (tertiary/aromatic N) is 2. The van der Waals surface area contributed by atoms with Crippen molar-refractivity contribution in [3.05, 3.63) is 324 Å². The lowest BCUT2D eigenvalue weighted by molar-refractivity contribution is 0.793. The largest absolute Gasteiger partial charge is 0.310 e. The SMILES string of the molecule is c1ccc(N(c2ccc3c(c2)-c2ccccc2C32c3ccccc3-c3ccccc32)c2ccc3c(c2)C2(c4ccccc4-3)c3ccccc3-c3c2cc(N(c2ccccc2)c2ccccc2)c2ccccc32)cc1. The van der Waals surface area contributed by atoms with E-state index in [4.69, 9.17) is 0 Å². The van der Waals surface area contributed by atoms with Crippen LogP contribution in [0.4, 0.5) is 34.1 Å². The van der Waals surface area contributed by atoms with E-state index in [1.165, 1.54) is 99.8 Å². The molecule has 2 heteroatoms. The van der Waals surface area contributed by atoms with Gasteiger partial charge in [-0.05, 0) is 161 Å². The highest BCUT2D eigenvalue weighted by Gasteiger charge is 2.54. The first-order valence-corrected chi connectivity index (χ1v) is 25.8. The van der Waals surface area contributed by atoms with Gasteiger partial charge in [-0.2, -0.15) is 0 Å². The summed E-state index contributed by atoms with van der Waals surface area (Å²) in [4.78, 5) is 4.94. The molecular formula is C72H46N2. The number of benzene rings is 12. The molecule has 0 heterocycles. The average molecular weight is 939 g/mol. The van der Waals surface area contributed by atoms with Crippen LogP contribution in [0.1, 0.15) is 44.5 Å². The van der Waals surface area contributed by atoms with Gasteiger partial charge in [0.2, 0.25) is 0 Å². The maximum absolute atomic E-state index is 2.54. The zero-order chi connectivity index (χ0) is 48.5. The molecule has 1 unspecified atom stereocenters. The number of para-hydroxylation sites is 3. The van der Waals surface area contributed by atoms with Crippen molar-refractivity contribution in [2.24, 2.45) is 0 Å². The minimum absolute atomic E-state index is 0.413. The van der Waals surface area contributed by atoms with Crippen molar-refractivity contribution in [2.45, 2.75) is 10.8 Å². The van der Waals surface area contributed by atoms with Gasteiger partial charge in [0.1, 0.15) is 0 Å². The summed E-state index contributed by atoms with van der Waals surface area (Å²) in [5, 5.41) is 2.46. The molecule has 4 aliphatic rings. The molecule has 344 valence electrons. The van der Waals surface area contributed by atoms with Gasteiger partial charge in [-0.3, -0.25) is 0 Å². The Kier molecular flexibility index (Phi) is 8.62. The first-order valence-electron chi connectivity index (χ1n) is 25.8. The van der Waals surface area contributed by atoms with Crippen LogP contribution in [0, 0.1) is 0 Å². The van der Waals surface area contributed by atoms with E-state index in [9.17, 15) is 0 Å². The van der Waals surface area contributed by atoms with E-state index in [0.29, 0.717) is 0 Å². The number of hydrogen-bond acceptors (Lipinski definition) is 2. The predicted molar refractivity (Wildman–Crippen MR) is 306 cm³/mol. The Balaban J connectivity index is 0.953.